The van der Waals surface area contributed by atoms with Crippen molar-refractivity contribution in [3.05, 3.63) is 11.7 Å². The molecule has 1 aromatic rings. The van der Waals surface area contributed by atoms with Gasteiger partial charge in [0.25, 0.3) is 0 Å². The molecular weight excluding hydrogens is 254 g/mol. The van der Waals surface area contributed by atoms with Crippen LogP contribution in [0.25, 0.3) is 0 Å². The predicted octanol–water partition coefficient (Wildman–Crippen LogP) is 2.98. The highest BCUT2D eigenvalue weighted by atomic mass is 16.5. The van der Waals surface area contributed by atoms with Gasteiger partial charge >= 0.3 is 0 Å². The Bertz CT molecular complexity index is 413. The monoisotopic (exact) mass is 281 g/mol. The number of rotatable bonds is 6. The lowest BCUT2D eigenvalue weighted by Crippen LogP contribution is -2.33. The smallest absolute Gasteiger partial charge is 0.231 e. The number of hydrogen-bond acceptors (Lipinski definition) is 5. The summed E-state index contributed by atoms with van der Waals surface area (Å²) in [6.45, 7) is 10.2. The molecule has 0 saturated carbocycles. The van der Waals surface area contributed by atoms with Crippen molar-refractivity contribution in [2.24, 2.45) is 0 Å². The summed E-state index contributed by atoms with van der Waals surface area (Å²) in [5, 5.41) is 7.62. The van der Waals surface area contributed by atoms with Crippen molar-refractivity contribution in [2.45, 2.75) is 70.9 Å². The first-order chi connectivity index (χ1) is 9.60. The molecule has 2 heterocycles. The molecule has 3 unspecified atom stereocenters. The van der Waals surface area contributed by atoms with E-state index in [0.717, 1.165) is 44.7 Å². The van der Waals surface area contributed by atoms with Crippen molar-refractivity contribution in [3.8, 4) is 0 Å². The first-order valence-electron chi connectivity index (χ1n) is 7.82. The van der Waals surface area contributed by atoms with Crippen molar-refractivity contribution in [2.75, 3.05) is 13.2 Å². The highest BCUT2D eigenvalue weighted by molar-refractivity contribution is 5.04. The highest BCUT2D eigenvalue weighted by Gasteiger charge is 2.36. The molecule has 1 aromatic heterocycles. The average molecular weight is 281 g/mol. The molecular formula is C15H27N3O2. The van der Waals surface area contributed by atoms with E-state index in [1.54, 1.807) is 0 Å². The number of likely N-dealkylation sites (N-methyl/N-ethyl adjacent to an activating group) is 1. The van der Waals surface area contributed by atoms with Gasteiger partial charge in [-0.1, -0.05) is 19.0 Å². The third-order valence-electron chi connectivity index (χ3n) is 4.27. The summed E-state index contributed by atoms with van der Waals surface area (Å²) in [5.41, 5.74) is -0.375. The second kappa shape index (κ2) is 6.68. The third-order valence-corrected chi connectivity index (χ3v) is 4.27. The summed E-state index contributed by atoms with van der Waals surface area (Å²) in [6, 6.07) is 0.332. The molecule has 5 nitrogen and oxygen atoms in total. The second-order valence-corrected chi connectivity index (χ2v) is 5.85. The SMILES string of the molecule is CCNC(C)C(CC)c1nc(C2(C)CCCCO2)no1. The van der Waals surface area contributed by atoms with Gasteiger partial charge in [0.2, 0.25) is 11.7 Å². The summed E-state index contributed by atoms with van der Waals surface area (Å²) in [6.07, 6.45) is 4.22. The minimum atomic E-state index is -0.375. The molecule has 20 heavy (non-hydrogen) atoms. The Morgan fingerprint density at radius 3 is 2.75 bits per heavy atom. The van der Waals surface area contributed by atoms with Crippen LogP contribution in [-0.4, -0.2) is 29.3 Å². The lowest BCUT2D eigenvalue weighted by atomic mass is 9.95. The lowest BCUT2D eigenvalue weighted by molar-refractivity contribution is -0.0770. The Labute approximate surface area is 121 Å². The summed E-state index contributed by atoms with van der Waals surface area (Å²) in [5.74, 6) is 1.68. The standard InChI is InChI=1S/C15H27N3O2/c1-5-12(11(3)16-6-2)13-17-14(18-20-13)15(4)9-7-8-10-19-15/h11-12,16H,5-10H2,1-4H3. The summed E-state index contributed by atoms with van der Waals surface area (Å²) in [7, 11) is 0. The molecule has 1 aliphatic heterocycles. The first kappa shape index (κ1) is 15.4. The van der Waals surface area contributed by atoms with Gasteiger partial charge in [0.15, 0.2) is 0 Å². The zero-order chi connectivity index (χ0) is 14.6. The molecule has 1 aliphatic rings. The van der Waals surface area contributed by atoms with Gasteiger partial charge in [-0.15, -0.1) is 0 Å². The van der Waals surface area contributed by atoms with E-state index in [0.29, 0.717) is 11.9 Å². The average Bonchev–Trinajstić information content (AvgIpc) is 2.91. The molecule has 1 fully saturated rings. The van der Waals surface area contributed by atoms with Gasteiger partial charge in [-0.25, -0.2) is 0 Å². The van der Waals surface area contributed by atoms with Crippen LogP contribution < -0.4 is 5.32 Å². The van der Waals surface area contributed by atoms with Crippen LogP contribution in [0.5, 0.6) is 0 Å². The second-order valence-electron chi connectivity index (χ2n) is 5.85. The Morgan fingerprint density at radius 1 is 1.35 bits per heavy atom. The summed E-state index contributed by atoms with van der Waals surface area (Å²) < 4.78 is 11.4. The molecule has 1 saturated heterocycles. The van der Waals surface area contributed by atoms with E-state index in [1.807, 2.05) is 0 Å². The lowest BCUT2D eigenvalue weighted by Gasteiger charge is -2.30. The van der Waals surface area contributed by atoms with Crippen molar-refractivity contribution in [1.82, 2.24) is 15.5 Å². The highest BCUT2D eigenvalue weighted by Crippen LogP contribution is 2.34. The number of ether oxygens (including phenoxy) is 1. The van der Waals surface area contributed by atoms with Gasteiger partial charge in [-0.2, -0.15) is 4.98 Å². The van der Waals surface area contributed by atoms with Crippen LogP contribution in [0.1, 0.15) is 71.0 Å². The molecule has 0 radical (unpaired) electrons. The molecule has 0 bridgehead atoms. The van der Waals surface area contributed by atoms with Gasteiger partial charge in [0, 0.05) is 12.6 Å². The van der Waals surface area contributed by atoms with E-state index >= 15 is 0 Å². The van der Waals surface area contributed by atoms with Gasteiger partial charge in [0.05, 0.1) is 5.92 Å². The van der Waals surface area contributed by atoms with Crippen molar-refractivity contribution < 1.29 is 9.26 Å². The molecule has 0 aliphatic carbocycles. The Hall–Kier alpha value is -0.940. The van der Waals surface area contributed by atoms with E-state index in [-0.39, 0.29) is 11.5 Å². The van der Waals surface area contributed by atoms with Crippen LogP contribution in [0.2, 0.25) is 0 Å². The molecule has 0 amide bonds. The fourth-order valence-electron chi connectivity index (χ4n) is 2.92. The number of aromatic nitrogens is 2. The molecule has 0 spiro atoms. The number of nitrogens with zero attached hydrogens (tertiary/aromatic N) is 2. The Balaban J connectivity index is 2.14. The van der Waals surface area contributed by atoms with Gasteiger partial charge in [-0.3, -0.25) is 0 Å². The quantitative estimate of drug-likeness (QED) is 0.868. The zero-order valence-corrected chi connectivity index (χ0v) is 13.1. The van der Waals surface area contributed by atoms with Crippen molar-refractivity contribution in [3.63, 3.8) is 0 Å². The van der Waals surface area contributed by atoms with E-state index < -0.39 is 0 Å². The third kappa shape index (κ3) is 3.20. The van der Waals surface area contributed by atoms with E-state index in [4.69, 9.17) is 9.26 Å². The van der Waals surface area contributed by atoms with Crippen LogP contribution in [0.15, 0.2) is 4.52 Å². The maximum atomic E-state index is 5.89. The van der Waals surface area contributed by atoms with Gasteiger partial charge < -0.3 is 14.6 Å². The molecule has 2 rings (SSSR count). The minimum Gasteiger partial charge on any atom is -0.367 e. The number of hydrogen-bond donors (Lipinski definition) is 1. The van der Waals surface area contributed by atoms with Crippen LogP contribution in [0.3, 0.4) is 0 Å². The molecule has 1 N–H and O–H groups in total. The normalized spacial score (nSPS) is 26.4. The summed E-state index contributed by atoms with van der Waals surface area (Å²) >= 11 is 0. The maximum Gasteiger partial charge on any atom is 0.231 e. The van der Waals surface area contributed by atoms with Crippen molar-refractivity contribution in [1.29, 1.82) is 0 Å². The fourth-order valence-corrected chi connectivity index (χ4v) is 2.92. The minimum absolute atomic E-state index is 0.253. The van der Waals surface area contributed by atoms with Crippen molar-refractivity contribution >= 4 is 0 Å². The first-order valence-corrected chi connectivity index (χ1v) is 7.82. The summed E-state index contributed by atoms with van der Waals surface area (Å²) in [4.78, 5) is 4.64. The topological polar surface area (TPSA) is 60.2 Å². The number of nitrogens with one attached hydrogen (secondary N) is 1. The molecule has 0 aromatic carbocycles. The molecule has 114 valence electrons. The van der Waals surface area contributed by atoms with Crippen LogP contribution >= 0.6 is 0 Å². The van der Waals surface area contributed by atoms with Crippen LogP contribution in [0, 0.1) is 0 Å². The van der Waals surface area contributed by atoms with Gasteiger partial charge in [-0.05, 0) is 46.1 Å². The van der Waals surface area contributed by atoms with Gasteiger partial charge in [0.1, 0.15) is 5.60 Å². The largest absolute Gasteiger partial charge is 0.367 e. The van der Waals surface area contributed by atoms with E-state index in [2.05, 4.69) is 43.2 Å². The Kier molecular flexibility index (Phi) is 5.16. The Morgan fingerprint density at radius 2 is 2.15 bits per heavy atom. The maximum absolute atomic E-state index is 5.89. The van der Waals surface area contributed by atoms with Crippen LogP contribution in [0.4, 0.5) is 0 Å². The van der Waals surface area contributed by atoms with E-state index in [1.165, 1.54) is 0 Å². The van der Waals surface area contributed by atoms with Crippen LogP contribution in [-0.2, 0) is 10.3 Å². The van der Waals surface area contributed by atoms with E-state index in [9.17, 15) is 0 Å². The predicted molar refractivity (Wildman–Crippen MR) is 77.6 cm³/mol. The fraction of sp³-hybridized carbons (Fsp3) is 0.867. The zero-order valence-electron chi connectivity index (χ0n) is 13.1. The molecule has 5 heteroatoms. The molecule has 3 atom stereocenters.